The Morgan fingerprint density at radius 1 is 1.26 bits per heavy atom. The fourth-order valence-electron chi connectivity index (χ4n) is 2.36. The van der Waals surface area contributed by atoms with Gasteiger partial charge in [-0.1, -0.05) is 17.4 Å². The lowest BCUT2D eigenvalue weighted by atomic mass is 10.3. The zero-order valence-electron chi connectivity index (χ0n) is 15.4. The quantitative estimate of drug-likeness (QED) is 0.528. The van der Waals surface area contributed by atoms with Crippen molar-refractivity contribution < 1.29 is 9.53 Å². The number of carbonyl (C=O) groups excluding carboxylic acids is 1. The van der Waals surface area contributed by atoms with E-state index in [0.29, 0.717) is 11.7 Å². The van der Waals surface area contributed by atoms with E-state index in [0.717, 1.165) is 27.4 Å². The summed E-state index contributed by atoms with van der Waals surface area (Å²) in [4.78, 5) is 22.3. The molecule has 5 nitrogen and oxygen atoms in total. The molecule has 3 aromatic rings. The summed E-state index contributed by atoms with van der Waals surface area (Å²) in [6, 6.07) is 9.72. The van der Waals surface area contributed by atoms with E-state index < -0.39 is 0 Å². The molecule has 0 N–H and O–H groups in total. The van der Waals surface area contributed by atoms with Crippen molar-refractivity contribution in [2.24, 2.45) is 0 Å². The van der Waals surface area contributed by atoms with Crippen molar-refractivity contribution in [3.05, 3.63) is 46.7 Å². The molecule has 1 aromatic carbocycles. The zero-order chi connectivity index (χ0) is 18.5. The van der Waals surface area contributed by atoms with Crippen molar-refractivity contribution in [3.63, 3.8) is 0 Å². The Bertz CT molecular complexity index is 907. The molecule has 1 amide bonds. The molecule has 27 heavy (non-hydrogen) atoms. The van der Waals surface area contributed by atoms with Crippen LogP contribution in [0.4, 0.5) is 5.13 Å². The first-order valence-electron chi connectivity index (χ1n) is 8.19. The van der Waals surface area contributed by atoms with Crippen LogP contribution in [0.3, 0.4) is 0 Å². The number of nitrogens with zero attached hydrogens (tertiary/aromatic N) is 3. The van der Waals surface area contributed by atoms with Gasteiger partial charge in [0.2, 0.25) is 0 Å². The minimum absolute atomic E-state index is 0. The summed E-state index contributed by atoms with van der Waals surface area (Å²) in [5, 5.41) is 2.70. The number of methoxy groups -OCH3 is 1. The second-order valence-electron chi connectivity index (χ2n) is 5.97. The van der Waals surface area contributed by atoms with Crippen molar-refractivity contribution >= 4 is 62.4 Å². The molecule has 2 heterocycles. The number of thiophene rings is 1. The molecule has 0 spiro atoms. The van der Waals surface area contributed by atoms with Gasteiger partial charge >= 0.3 is 0 Å². The molecule has 0 bridgehead atoms. The zero-order valence-corrected chi connectivity index (χ0v) is 17.9. The van der Waals surface area contributed by atoms with Crippen LogP contribution < -0.4 is 9.64 Å². The Morgan fingerprint density at radius 2 is 2.07 bits per heavy atom. The summed E-state index contributed by atoms with van der Waals surface area (Å²) < 4.78 is 6.28. The molecule has 0 aliphatic rings. The third kappa shape index (κ3) is 5.52. The molecule has 0 aliphatic heterocycles. The largest absolute Gasteiger partial charge is 0.497 e. The minimum atomic E-state index is -0.0636. The van der Waals surface area contributed by atoms with Gasteiger partial charge in [0.15, 0.2) is 5.13 Å². The Hall–Kier alpha value is -1.93. The van der Waals surface area contributed by atoms with Gasteiger partial charge in [0.1, 0.15) is 5.75 Å². The van der Waals surface area contributed by atoms with Gasteiger partial charge in [-0.2, -0.15) is 0 Å². The smallest absolute Gasteiger partial charge is 0.252 e. The molecule has 0 unspecified atom stereocenters. The highest BCUT2D eigenvalue weighted by Gasteiger charge is 2.18. The highest BCUT2D eigenvalue weighted by atomic mass is 35.5. The number of hydrogen-bond acceptors (Lipinski definition) is 6. The molecule has 3 rings (SSSR count). The molecule has 144 valence electrons. The summed E-state index contributed by atoms with van der Waals surface area (Å²) in [6.07, 6.45) is 3.47. The highest BCUT2D eigenvalue weighted by molar-refractivity contribution is 7.22. The van der Waals surface area contributed by atoms with E-state index in [1.165, 1.54) is 11.3 Å². The van der Waals surface area contributed by atoms with Crippen molar-refractivity contribution in [2.45, 2.75) is 0 Å². The number of aromatic nitrogens is 1. The molecular formula is C19H22ClN3O2S2. The monoisotopic (exact) mass is 423 g/mol. The Labute approximate surface area is 173 Å². The average Bonchev–Trinajstić information content (AvgIpc) is 3.28. The maximum atomic E-state index is 12.8. The number of fused-ring (bicyclic) bond motifs is 1. The normalized spacial score (nSPS) is 11.1. The third-order valence-corrected chi connectivity index (χ3v) is 5.66. The number of anilines is 1. The second kappa shape index (κ2) is 9.85. The number of rotatable bonds is 7. The number of hydrogen-bond donors (Lipinski definition) is 0. The SMILES string of the molecule is COc1ccc2nc(N(CCN(C)C)C(=O)/C=C/c3cccs3)sc2c1.Cl. The van der Waals surface area contributed by atoms with Crippen LogP contribution in [0.25, 0.3) is 16.3 Å². The number of likely N-dealkylation sites (N-methyl/N-ethyl adjacent to an activating group) is 1. The number of amides is 1. The maximum absolute atomic E-state index is 12.8. The van der Waals surface area contributed by atoms with Crippen LogP contribution in [0.1, 0.15) is 4.88 Å². The van der Waals surface area contributed by atoms with Crippen LogP contribution in [-0.4, -0.2) is 50.1 Å². The lowest BCUT2D eigenvalue weighted by molar-refractivity contribution is -0.114. The summed E-state index contributed by atoms with van der Waals surface area (Å²) in [5.74, 6) is 0.725. The number of thiazole rings is 1. The number of ether oxygens (including phenoxy) is 1. The van der Waals surface area contributed by atoms with Crippen LogP contribution in [0.15, 0.2) is 41.8 Å². The first-order valence-corrected chi connectivity index (χ1v) is 9.89. The molecule has 0 fully saturated rings. The van der Waals surface area contributed by atoms with Crippen LogP contribution in [0.2, 0.25) is 0 Å². The van der Waals surface area contributed by atoms with Crippen molar-refractivity contribution in [2.75, 3.05) is 39.2 Å². The predicted octanol–water partition coefficient (Wildman–Crippen LogP) is 4.40. The number of carbonyl (C=O) groups is 1. The van der Waals surface area contributed by atoms with Gasteiger partial charge in [0.05, 0.1) is 17.3 Å². The lowest BCUT2D eigenvalue weighted by Crippen LogP contribution is -2.35. The molecule has 2 aromatic heterocycles. The molecule has 0 saturated heterocycles. The fraction of sp³-hybridized carbons (Fsp3) is 0.263. The van der Waals surface area contributed by atoms with E-state index in [4.69, 9.17) is 4.74 Å². The number of benzene rings is 1. The van der Waals surface area contributed by atoms with E-state index in [-0.39, 0.29) is 18.3 Å². The van der Waals surface area contributed by atoms with Gasteiger partial charge < -0.3 is 9.64 Å². The van der Waals surface area contributed by atoms with Crippen LogP contribution in [-0.2, 0) is 4.79 Å². The first-order chi connectivity index (χ1) is 12.6. The van der Waals surface area contributed by atoms with Gasteiger partial charge in [0, 0.05) is 24.0 Å². The topological polar surface area (TPSA) is 45.7 Å². The van der Waals surface area contributed by atoms with Gasteiger partial charge in [0.25, 0.3) is 5.91 Å². The minimum Gasteiger partial charge on any atom is -0.497 e. The Morgan fingerprint density at radius 3 is 2.74 bits per heavy atom. The lowest BCUT2D eigenvalue weighted by Gasteiger charge is -2.20. The number of halogens is 1. The van der Waals surface area contributed by atoms with Gasteiger partial charge in [-0.25, -0.2) is 4.98 Å². The highest BCUT2D eigenvalue weighted by Crippen LogP contribution is 2.31. The Kier molecular flexibility index (Phi) is 7.79. The van der Waals surface area contributed by atoms with Crippen molar-refractivity contribution in [1.29, 1.82) is 0 Å². The molecule has 8 heteroatoms. The standard InChI is InChI=1S/C19H21N3O2S2.ClH/c1-21(2)10-11-22(18(23)9-7-15-5-4-12-25-15)19-20-16-8-6-14(24-3)13-17(16)26-19;/h4-9,12-13H,10-11H2,1-3H3;1H/b9-7+;. The van der Waals surface area contributed by atoms with E-state index in [9.17, 15) is 4.79 Å². The summed E-state index contributed by atoms with van der Waals surface area (Å²) >= 11 is 3.11. The van der Waals surface area contributed by atoms with Crippen molar-refractivity contribution in [3.8, 4) is 5.75 Å². The van der Waals surface area contributed by atoms with E-state index in [2.05, 4.69) is 9.88 Å². The molecule has 0 saturated carbocycles. The maximum Gasteiger partial charge on any atom is 0.252 e. The third-order valence-electron chi connectivity index (χ3n) is 3.79. The second-order valence-corrected chi connectivity index (χ2v) is 7.96. The molecular weight excluding hydrogens is 402 g/mol. The summed E-state index contributed by atoms with van der Waals surface area (Å²) in [6.45, 7) is 1.34. The molecule has 0 radical (unpaired) electrons. The van der Waals surface area contributed by atoms with Gasteiger partial charge in [-0.3, -0.25) is 9.69 Å². The van der Waals surface area contributed by atoms with E-state index >= 15 is 0 Å². The summed E-state index contributed by atoms with van der Waals surface area (Å²) in [5.41, 5.74) is 0.871. The average molecular weight is 424 g/mol. The first kappa shape index (κ1) is 21.4. The van der Waals surface area contributed by atoms with Gasteiger partial charge in [-0.15, -0.1) is 23.7 Å². The van der Waals surface area contributed by atoms with E-state index in [1.807, 2.05) is 55.9 Å². The summed E-state index contributed by atoms with van der Waals surface area (Å²) in [7, 11) is 5.63. The molecule has 0 atom stereocenters. The van der Waals surface area contributed by atoms with E-state index in [1.54, 1.807) is 29.4 Å². The van der Waals surface area contributed by atoms with Crippen LogP contribution in [0, 0.1) is 0 Å². The van der Waals surface area contributed by atoms with Gasteiger partial charge in [-0.05, 0) is 49.8 Å². The molecule has 0 aliphatic carbocycles. The predicted molar refractivity (Wildman–Crippen MR) is 118 cm³/mol. The Balaban J connectivity index is 0.00000261. The van der Waals surface area contributed by atoms with Crippen LogP contribution >= 0.6 is 35.1 Å². The van der Waals surface area contributed by atoms with Crippen LogP contribution in [0.5, 0.6) is 5.75 Å². The fourth-order valence-corrected chi connectivity index (χ4v) is 4.01. The van der Waals surface area contributed by atoms with Crippen molar-refractivity contribution in [1.82, 2.24) is 9.88 Å².